The van der Waals surface area contributed by atoms with Crippen molar-refractivity contribution >= 4 is 39.6 Å². The summed E-state index contributed by atoms with van der Waals surface area (Å²) in [5.41, 5.74) is 6.26. The number of anilines is 1. The van der Waals surface area contributed by atoms with Crippen LogP contribution in [-0.4, -0.2) is 16.1 Å². The van der Waals surface area contributed by atoms with E-state index in [-0.39, 0.29) is 5.56 Å². The van der Waals surface area contributed by atoms with E-state index in [4.69, 9.17) is 5.11 Å². The fourth-order valence-electron chi connectivity index (χ4n) is 2.74. The third-order valence-corrected chi connectivity index (χ3v) is 4.22. The number of rotatable bonds is 6. The van der Waals surface area contributed by atoms with Crippen LogP contribution >= 0.6 is 0 Å². The standard InChI is InChI=1S/C22H16N6O2/c29-22(30)15-8-10-17(11-9-15)25-28-27-20-13-12-19(18-7-4-14-23-21(18)20)26-24-16-5-2-1-3-6-16/h1-14H,(H,25,27)(H,29,30). The number of nitrogens with one attached hydrogen (secondary N) is 1. The first-order chi connectivity index (χ1) is 14.7. The lowest BCUT2D eigenvalue weighted by molar-refractivity contribution is 0.0697. The predicted molar refractivity (Wildman–Crippen MR) is 114 cm³/mol. The minimum absolute atomic E-state index is 0.202. The van der Waals surface area contributed by atoms with E-state index in [1.807, 2.05) is 48.5 Å². The quantitative estimate of drug-likeness (QED) is 0.288. The first-order valence-electron chi connectivity index (χ1n) is 9.05. The molecular weight excluding hydrogens is 380 g/mol. The molecule has 0 fully saturated rings. The molecule has 2 N–H and O–H groups in total. The zero-order chi connectivity index (χ0) is 20.8. The number of fused-ring (bicyclic) bond motifs is 1. The number of hydrogen-bond acceptors (Lipinski definition) is 6. The highest BCUT2D eigenvalue weighted by molar-refractivity contribution is 5.96. The second-order valence-electron chi connectivity index (χ2n) is 6.23. The number of pyridine rings is 1. The fourth-order valence-corrected chi connectivity index (χ4v) is 2.74. The van der Waals surface area contributed by atoms with Gasteiger partial charge in [0.05, 0.1) is 28.1 Å². The average molecular weight is 396 g/mol. The summed E-state index contributed by atoms with van der Waals surface area (Å²) in [7, 11) is 0. The highest BCUT2D eigenvalue weighted by Crippen LogP contribution is 2.33. The molecule has 146 valence electrons. The van der Waals surface area contributed by atoms with E-state index < -0.39 is 5.97 Å². The van der Waals surface area contributed by atoms with E-state index in [0.29, 0.717) is 22.6 Å². The molecule has 4 aromatic rings. The van der Waals surface area contributed by atoms with Gasteiger partial charge < -0.3 is 5.11 Å². The Morgan fingerprint density at radius 3 is 2.33 bits per heavy atom. The number of carbonyl (C=O) groups is 1. The molecule has 4 rings (SSSR count). The molecule has 0 spiro atoms. The maximum Gasteiger partial charge on any atom is 0.335 e. The Kier molecular flexibility index (Phi) is 5.47. The van der Waals surface area contributed by atoms with Gasteiger partial charge in [-0.25, -0.2) is 4.79 Å². The van der Waals surface area contributed by atoms with Crippen molar-refractivity contribution in [1.29, 1.82) is 0 Å². The van der Waals surface area contributed by atoms with Crippen LogP contribution < -0.4 is 5.43 Å². The van der Waals surface area contributed by atoms with Crippen molar-refractivity contribution < 1.29 is 9.90 Å². The maximum atomic E-state index is 10.9. The summed E-state index contributed by atoms with van der Waals surface area (Å²) < 4.78 is 0. The summed E-state index contributed by atoms with van der Waals surface area (Å²) in [4.78, 5) is 15.3. The van der Waals surface area contributed by atoms with Gasteiger partial charge in [-0.1, -0.05) is 23.4 Å². The van der Waals surface area contributed by atoms with E-state index >= 15 is 0 Å². The SMILES string of the molecule is O=C(O)c1ccc(NN=Nc2ccc(N=Nc3ccccc3)c3cccnc23)cc1. The van der Waals surface area contributed by atoms with Gasteiger partial charge in [-0.3, -0.25) is 10.4 Å². The van der Waals surface area contributed by atoms with E-state index in [1.165, 1.54) is 12.1 Å². The summed E-state index contributed by atoms with van der Waals surface area (Å²) in [6, 6.07) is 23.0. The van der Waals surface area contributed by atoms with E-state index in [9.17, 15) is 4.79 Å². The molecule has 0 aliphatic heterocycles. The highest BCUT2D eigenvalue weighted by Gasteiger charge is 2.07. The van der Waals surface area contributed by atoms with Crippen molar-refractivity contribution in [2.75, 3.05) is 5.43 Å². The van der Waals surface area contributed by atoms with Gasteiger partial charge in [0.15, 0.2) is 0 Å². The van der Waals surface area contributed by atoms with Gasteiger partial charge in [-0.15, -0.1) is 10.2 Å². The van der Waals surface area contributed by atoms with Gasteiger partial charge >= 0.3 is 5.97 Å². The van der Waals surface area contributed by atoms with Gasteiger partial charge in [-0.05, 0) is 60.7 Å². The van der Waals surface area contributed by atoms with Crippen LogP contribution in [-0.2, 0) is 0 Å². The molecule has 0 aliphatic rings. The van der Waals surface area contributed by atoms with Gasteiger partial charge in [0.2, 0.25) is 0 Å². The Labute approximate surface area is 171 Å². The molecule has 0 bridgehead atoms. The van der Waals surface area contributed by atoms with Crippen molar-refractivity contribution in [2.45, 2.75) is 0 Å². The average Bonchev–Trinajstić information content (AvgIpc) is 2.79. The van der Waals surface area contributed by atoms with Crippen LogP contribution in [0.5, 0.6) is 0 Å². The Hall–Kier alpha value is -4.46. The molecule has 0 unspecified atom stereocenters. The number of hydrogen-bond donors (Lipinski definition) is 2. The predicted octanol–water partition coefficient (Wildman–Crippen LogP) is 6.46. The lowest BCUT2D eigenvalue weighted by Gasteiger charge is -2.04. The number of benzene rings is 3. The summed E-state index contributed by atoms with van der Waals surface area (Å²) >= 11 is 0. The van der Waals surface area contributed by atoms with Crippen LogP contribution in [0.2, 0.25) is 0 Å². The Bertz CT molecular complexity index is 1240. The molecule has 3 aromatic carbocycles. The Morgan fingerprint density at radius 1 is 0.800 bits per heavy atom. The third kappa shape index (κ3) is 4.33. The smallest absolute Gasteiger partial charge is 0.335 e. The van der Waals surface area contributed by atoms with Crippen molar-refractivity contribution in [3.8, 4) is 0 Å². The molecule has 8 nitrogen and oxygen atoms in total. The molecule has 0 saturated carbocycles. The lowest BCUT2D eigenvalue weighted by Crippen LogP contribution is -1.95. The zero-order valence-corrected chi connectivity index (χ0v) is 15.7. The molecular formula is C22H16N6O2. The van der Waals surface area contributed by atoms with Crippen molar-refractivity contribution in [1.82, 2.24) is 4.98 Å². The molecule has 0 saturated heterocycles. The van der Waals surface area contributed by atoms with Gasteiger partial charge in [0, 0.05) is 11.6 Å². The zero-order valence-electron chi connectivity index (χ0n) is 15.7. The van der Waals surface area contributed by atoms with Crippen LogP contribution in [0.3, 0.4) is 0 Å². The van der Waals surface area contributed by atoms with Gasteiger partial charge in [0.1, 0.15) is 5.69 Å². The van der Waals surface area contributed by atoms with Crippen LogP contribution in [0.15, 0.2) is 106 Å². The van der Waals surface area contributed by atoms with Crippen LogP contribution in [0.4, 0.5) is 22.7 Å². The summed E-state index contributed by atoms with van der Waals surface area (Å²) in [6.07, 6.45) is 1.68. The number of aromatic nitrogens is 1. The summed E-state index contributed by atoms with van der Waals surface area (Å²) in [5, 5.41) is 26.6. The van der Waals surface area contributed by atoms with Gasteiger partial charge in [-0.2, -0.15) is 5.11 Å². The molecule has 0 radical (unpaired) electrons. The van der Waals surface area contributed by atoms with Crippen molar-refractivity contribution in [2.24, 2.45) is 20.6 Å². The van der Waals surface area contributed by atoms with E-state index in [0.717, 1.165) is 11.1 Å². The Balaban J connectivity index is 1.57. The number of nitrogens with zero attached hydrogens (tertiary/aromatic N) is 5. The lowest BCUT2D eigenvalue weighted by atomic mass is 10.1. The number of carboxylic acid groups (broad SMARTS) is 1. The largest absolute Gasteiger partial charge is 0.478 e. The second-order valence-corrected chi connectivity index (χ2v) is 6.23. The molecule has 1 heterocycles. The Morgan fingerprint density at radius 2 is 1.57 bits per heavy atom. The summed E-state index contributed by atoms with van der Waals surface area (Å²) in [5.74, 6) is -0.981. The fraction of sp³-hybridized carbons (Fsp3) is 0. The topological polar surface area (TPSA) is 112 Å². The number of azo groups is 1. The minimum atomic E-state index is -0.981. The first kappa shape index (κ1) is 18.9. The maximum absolute atomic E-state index is 10.9. The van der Waals surface area contributed by atoms with Gasteiger partial charge in [0.25, 0.3) is 0 Å². The van der Waals surface area contributed by atoms with Crippen molar-refractivity contribution in [3.63, 3.8) is 0 Å². The van der Waals surface area contributed by atoms with Crippen LogP contribution in [0.25, 0.3) is 10.9 Å². The molecule has 0 amide bonds. The van der Waals surface area contributed by atoms with E-state index in [1.54, 1.807) is 24.4 Å². The molecule has 8 heteroatoms. The van der Waals surface area contributed by atoms with E-state index in [2.05, 4.69) is 31.0 Å². The summed E-state index contributed by atoms with van der Waals surface area (Å²) in [6.45, 7) is 0. The molecule has 1 aromatic heterocycles. The number of carboxylic acids is 1. The molecule has 0 atom stereocenters. The normalized spacial score (nSPS) is 11.3. The molecule has 0 aliphatic carbocycles. The molecule has 30 heavy (non-hydrogen) atoms. The first-order valence-corrected chi connectivity index (χ1v) is 9.05. The number of aromatic carboxylic acids is 1. The minimum Gasteiger partial charge on any atom is -0.478 e. The third-order valence-electron chi connectivity index (χ3n) is 4.22. The second kappa shape index (κ2) is 8.70. The monoisotopic (exact) mass is 396 g/mol. The van der Waals surface area contributed by atoms with Crippen molar-refractivity contribution in [3.05, 3.63) is 90.6 Å². The van der Waals surface area contributed by atoms with Crippen LogP contribution in [0, 0.1) is 0 Å². The highest BCUT2D eigenvalue weighted by atomic mass is 16.4. The van der Waals surface area contributed by atoms with Crippen LogP contribution in [0.1, 0.15) is 10.4 Å².